The molecule has 0 aliphatic rings. The molecule has 4 nitrogen and oxygen atoms in total. The predicted molar refractivity (Wildman–Crippen MR) is 42.4 cm³/mol. The lowest BCUT2D eigenvalue weighted by molar-refractivity contribution is 1.21. The molecule has 0 unspecified atom stereocenters. The molecule has 0 radical (unpaired) electrons. The molecule has 0 fully saturated rings. The van der Waals surface area contributed by atoms with E-state index in [0.717, 1.165) is 5.56 Å². The van der Waals surface area contributed by atoms with Gasteiger partial charge in [0.25, 0.3) is 0 Å². The molecule has 0 aliphatic heterocycles. The van der Waals surface area contributed by atoms with Crippen LogP contribution in [0, 0.1) is 11.3 Å². The molecular formula is C7H8N4. The van der Waals surface area contributed by atoms with Gasteiger partial charge in [0.15, 0.2) is 0 Å². The Kier molecular flexibility index (Phi) is 1.93. The van der Waals surface area contributed by atoms with Gasteiger partial charge in [0.05, 0.1) is 12.5 Å². The Balaban J connectivity index is 3.01. The summed E-state index contributed by atoms with van der Waals surface area (Å²) in [5, 5.41) is 8.35. The van der Waals surface area contributed by atoms with Crippen molar-refractivity contribution < 1.29 is 0 Å². The molecule has 0 spiro atoms. The van der Waals surface area contributed by atoms with Crippen LogP contribution < -0.4 is 11.5 Å². The topological polar surface area (TPSA) is 88.7 Å². The van der Waals surface area contributed by atoms with Crippen LogP contribution in [0.5, 0.6) is 0 Å². The predicted octanol–water partition coefficient (Wildman–Crippen LogP) is 0.312. The number of hydrogen-bond donors (Lipinski definition) is 2. The van der Waals surface area contributed by atoms with Crippen molar-refractivity contribution in [2.24, 2.45) is 0 Å². The molecule has 0 atom stereocenters. The SMILES string of the molecule is N#CCc1ccc(N)nc1N. The first kappa shape index (κ1) is 7.35. The van der Waals surface area contributed by atoms with Crippen LogP contribution in [0.4, 0.5) is 11.6 Å². The number of hydrogen-bond acceptors (Lipinski definition) is 4. The second-order valence-corrected chi connectivity index (χ2v) is 2.12. The highest BCUT2D eigenvalue weighted by Crippen LogP contribution is 2.10. The van der Waals surface area contributed by atoms with Crippen LogP contribution in [0.3, 0.4) is 0 Å². The van der Waals surface area contributed by atoms with E-state index in [4.69, 9.17) is 16.7 Å². The van der Waals surface area contributed by atoms with Crippen molar-refractivity contribution in [1.82, 2.24) is 4.98 Å². The molecule has 4 N–H and O–H groups in total. The number of nitrogens with zero attached hydrogens (tertiary/aromatic N) is 2. The molecule has 0 saturated carbocycles. The third-order valence-electron chi connectivity index (χ3n) is 1.30. The van der Waals surface area contributed by atoms with Crippen LogP contribution in [0.2, 0.25) is 0 Å². The zero-order valence-electron chi connectivity index (χ0n) is 5.91. The largest absolute Gasteiger partial charge is 0.384 e. The minimum atomic E-state index is 0.277. The Hall–Kier alpha value is -1.76. The van der Waals surface area contributed by atoms with Crippen molar-refractivity contribution in [2.45, 2.75) is 6.42 Å². The van der Waals surface area contributed by atoms with Crippen LogP contribution in [0.25, 0.3) is 0 Å². The molecule has 1 heterocycles. The summed E-state index contributed by atoms with van der Waals surface area (Å²) in [6.45, 7) is 0. The lowest BCUT2D eigenvalue weighted by atomic mass is 10.2. The number of rotatable bonds is 1. The van der Waals surface area contributed by atoms with Crippen molar-refractivity contribution in [3.05, 3.63) is 17.7 Å². The maximum atomic E-state index is 8.35. The minimum absolute atomic E-state index is 0.277. The van der Waals surface area contributed by atoms with E-state index in [1.165, 1.54) is 0 Å². The van der Waals surface area contributed by atoms with E-state index in [0.29, 0.717) is 11.6 Å². The molecule has 11 heavy (non-hydrogen) atoms. The van der Waals surface area contributed by atoms with Gasteiger partial charge < -0.3 is 11.5 Å². The van der Waals surface area contributed by atoms with Crippen molar-refractivity contribution in [3.63, 3.8) is 0 Å². The van der Waals surface area contributed by atoms with Gasteiger partial charge in [-0.05, 0) is 6.07 Å². The number of pyridine rings is 1. The van der Waals surface area contributed by atoms with E-state index in [2.05, 4.69) is 4.98 Å². The Labute approximate surface area is 64.5 Å². The molecule has 56 valence electrons. The van der Waals surface area contributed by atoms with Crippen LogP contribution in [0.1, 0.15) is 5.56 Å². The number of anilines is 2. The fourth-order valence-corrected chi connectivity index (χ4v) is 0.754. The summed E-state index contributed by atoms with van der Waals surface area (Å²) < 4.78 is 0. The lowest BCUT2D eigenvalue weighted by Gasteiger charge is -1.99. The summed E-state index contributed by atoms with van der Waals surface area (Å²) in [4.78, 5) is 3.80. The van der Waals surface area contributed by atoms with Gasteiger partial charge >= 0.3 is 0 Å². The molecule has 0 aliphatic carbocycles. The summed E-state index contributed by atoms with van der Waals surface area (Å²) >= 11 is 0. The van der Waals surface area contributed by atoms with Crippen LogP contribution in [-0.2, 0) is 6.42 Å². The zero-order chi connectivity index (χ0) is 8.27. The fourth-order valence-electron chi connectivity index (χ4n) is 0.754. The number of nitrogen functional groups attached to an aromatic ring is 2. The molecule has 1 rings (SSSR count). The van der Waals surface area contributed by atoms with Gasteiger partial charge in [-0.15, -0.1) is 0 Å². The van der Waals surface area contributed by atoms with E-state index >= 15 is 0 Å². The highest BCUT2D eigenvalue weighted by molar-refractivity contribution is 5.47. The third-order valence-corrected chi connectivity index (χ3v) is 1.30. The highest BCUT2D eigenvalue weighted by atomic mass is 14.9. The smallest absolute Gasteiger partial charge is 0.130 e. The normalized spacial score (nSPS) is 9.00. The highest BCUT2D eigenvalue weighted by Gasteiger charge is 1.98. The first-order chi connectivity index (χ1) is 5.24. The maximum absolute atomic E-state index is 8.35. The average molecular weight is 148 g/mol. The van der Waals surface area contributed by atoms with Gasteiger partial charge in [-0.25, -0.2) is 4.98 Å². The van der Waals surface area contributed by atoms with Gasteiger partial charge in [-0.1, -0.05) is 6.07 Å². The molecule has 0 bridgehead atoms. The Morgan fingerprint density at radius 1 is 1.45 bits per heavy atom. The lowest BCUT2D eigenvalue weighted by Crippen LogP contribution is -1.99. The van der Waals surface area contributed by atoms with Gasteiger partial charge in [0, 0.05) is 5.56 Å². The standard InChI is InChI=1S/C7H8N4/c8-4-3-5-1-2-6(9)11-7(5)10/h1-2H,3H2,(H4,9,10,11). The van der Waals surface area contributed by atoms with Crippen molar-refractivity contribution in [2.75, 3.05) is 11.5 Å². The minimum Gasteiger partial charge on any atom is -0.384 e. The van der Waals surface area contributed by atoms with Crippen molar-refractivity contribution >= 4 is 11.6 Å². The maximum Gasteiger partial charge on any atom is 0.130 e. The second kappa shape index (κ2) is 2.88. The van der Waals surface area contributed by atoms with E-state index in [9.17, 15) is 0 Å². The fraction of sp³-hybridized carbons (Fsp3) is 0.143. The van der Waals surface area contributed by atoms with Crippen molar-refractivity contribution in [1.29, 1.82) is 5.26 Å². The molecule has 1 aromatic heterocycles. The quantitative estimate of drug-likeness (QED) is 0.599. The summed E-state index contributed by atoms with van der Waals surface area (Å²) in [6.07, 6.45) is 0.277. The summed E-state index contributed by atoms with van der Waals surface area (Å²) in [5.74, 6) is 0.718. The summed E-state index contributed by atoms with van der Waals surface area (Å²) in [7, 11) is 0. The summed E-state index contributed by atoms with van der Waals surface area (Å²) in [6, 6.07) is 5.32. The monoisotopic (exact) mass is 148 g/mol. The Morgan fingerprint density at radius 3 is 2.73 bits per heavy atom. The van der Waals surface area contributed by atoms with Gasteiger partial charge in [0.1, 0.15) is 11.6 Å². The number of aromatic nitrogens is 1. The summed E-state index contributed by atoms with van der Waals surface area (Å²) in [5.41, 5.74) is 11.5. The van der Waals surface area contributed by atoms with Crippen LogP contribution in [0.15, 0.2) is 12.1 Å². The molecule has 1 aromatic rings. The Morgan fingerprint density at radius 2 is 2.18 bits per heavy atom. The van der Waals surface area contributed by atoms with E-state index in [1.54, 1.807) is 12.1 Å². The van der Waals surface area contributed by atoms with E-state index in [-0.39, 0.29) is 6.42 Å². The first-order valence-electron chi connectivity index (χ1n) is 3.12. The number of nitrogens with two attached hydrogens (primary N) is 2. The van der Waals surface area contributed by atoms with Gasteiger partial charge in [-0.3, -0.25) is 0 Å². The van der Waals surface area contributed by atoms with Gasteiger partial charge in [-0.2, -0.15) is 5.26 Å². The van der Waals surface area contributed by atoms with E-state index in [1.807, 2.05) is 6.07 Å². The molecule has 0 saturated heterocycles. The van der Waals surface area contributed by atoms with E-state index < -0.39 is 0 Å². The van der Waals surface area contributed by atoms with Gasteiger partial charge in [0.2, 0.25) is 0 Å². The molecule has 0 amide bonds. The molecule has 0 aromatic carbocycles. The van der Waals surface area contributed by atoms with Crippen molar-refractivity contribution in [3.8, 4) is 6.07 Å². The molecular weight excluding hydrogens is 140 g/mol. The zero-order valence-corrected chi connectivity index (χ0v) is 5.91. The van der Waals surface area contributed by atoms with Crippen LogP contribution >= 0.6 is 0 Å². The Bertz CT molecular complexity index is 300. The number of nitriles is 1. The first-order valence-corrected chi connectivity index (χ1v) is 3.12. The second-order valence-electron chi connectivity index (χ2n) is 2.12. The average Bonchev–Trinajstić information content (AvgIpc) is 1.95. The van der Waals surface area contributed by atoms with Crippen LogP contribution in [-0.4, -0.2) is 4.98 Å². The molecule has 4 heteroatoms. The third kappa shape index (κ3) is 1.58.